The molecular formula is C19H26O3. The molecular weight excluding hydrogens is 276 g/mol. The average molecular weight is 302 g/mol. The number of rotatable bonds is 0. The van der Waals surface area contributed by atoms with E-state index in [1.165, 1.54) is 0 Å². The van der Waals surface area contributed by atoms with E-state index < -0.39 is 5.60 Å². The molecule has 22 heavy (non-hydrogen) atoms. The summed E-state index contributed by atoms with van der Waals surface area (Å²) in [6.07, 6.45) is 9.28. The van der Waals surface area contributed by atoms with Gasteiger partial charge in [-0.15, -0.1) is 0 Å². The van der Waals surface area contributed by atoms with E-state index in [-0.39, 0.29) is 16.6 Å². The Labute approximate surface area is 132 Å². The quantitative estimate of drug-likeness (QED) is 0.748. The summed E-state index contributed by atoms with van der Waals surface area (Å²) in [5, 5.41) is 11.2. The van der Waals surface area contributed by atoms with Crippen molar-refractivity contribution in [2.75, 3.05) is 0 Å². The fourth-order valence-electron chi connectivity index (χ4n) is 6.31. The van der Waals surface area contributed by atoms with Gasteiger partial charge in [-0.05, 0) is 55.9 Å². The summed E-state index contributed by atoms with van der Waals surface area (Å²) < 4.78 is 0. The monoisotopic (exact) mass is 302 g/mol. The third kappa shape index (κ3) is 1.61. The molecule has 4 rings (SSSR count). The molecule has 0 saturated heterocycles. The van der Waals surface area contributed by atoms with Gasteiger partial charge in [-0.1, -0.05) is 19.9 Å². The fourth-order valence-corrected chi connectivity index (χ4v) is 6.31. The minimum atomic E-state index is -0.816. The SMILES string of the molecule is C[C@]12CC[C@H]3[C@@H](CCC4(O)CC(=O)CC[C@]34C)[C@@H]1C=CC2=O. The van der Waals surface area contributed by atoms with Crippen LogP contribution in [0.1, 0.15) is 58.8 Å². The summed E-state index contributed by atoms with van der Waals surface area (Å²) in [5.41, 5.74) is -1.19. The van der Waals surface area contributed by atoms with Gasteiger partial charge in [0.15, 0.2) is 5.78 Å². The van der Waals surface area contributed by atoms with E-state index >= 15 is 0 Å². The van der Waals surface area contributed by atoms with Gasteiger partial charge >= 0.3 is 0 Å². The molecule has 3 fully saturated rings. The van der Waals surface area contributed by atoms with Crippen molar-refractivity contribution in [2.45, 2.75) is 64.4 Å². The first-order chi connectivity index (χ1) is 10.3. The Kier molecular flexibility index (Phi) is 2.87. The molecule has 6 atom stereocenters. The number of fused-ring (bicyclic) bond motifs is 5. The zero-order valence-corrected chi connectivity index (χ0v) is 13.6. The number of carbonyl (C=O) groups excluding carboxylic acids is 2. The topological polar surface area (TPSA) is 54.4 Å². The first-order valence-corrected chi connectivity index (χ1v) is 8.77. The number of allylic oxidation sites excluding steroid dienone is 2. The van der Waals surface area contributed by atoms with Gasteiger partial charge in [-0.2, -0.15) is 0 Å². The van der Waals surface area contributed by atoms with Crippen LogP contribution in [-0.2, 0) is 9.59 Å². The number of Topliss-reactive ketones (excluding diaryl/α,β-unsaturated/α-hetero) is 1. The number of ketones is 2. The maximum atomic E-state index is 12.3. The highest BCUT2D eigenvalue weighted by Gasteiger charge is 2.63. The van der Waals surface area contributed by atoms with Crippen molar-refractivity contribution in [1.82, 2.24) is 0 Å². The van der Waals surface area contributed by atoms with Gasteiger partial charge in [0.25, 0.3) is 0 Å². The van der Waals surface area contributed by atoms with Crippen LogP contribution < -0.4 is 0 Å². The summed E-state index contributed by atoms with van der Waals surface area (Å²) in [7, 11) is 0. The molecule has 0 aromatic heterocycles. The van der Waals surface area contributed by atoms with Crippen molar-refractivity contribution in [3.8, 4) is 0 Å². The lowest BCUT2D eigenvalue weighted by atomic mass is 9.44. The molecule has 0 aromatic rings. The maximum Gasteiger partial charge on any atom is 0.161 e. The predicted molar refractivity (Wildman–Crippen MR) is 83.1 cm³/mol. The van der Waals surface area contributed by atoms with Crippen molar-refractivity contribution in [3.05, 3.63) is 12.2 Å². The second kappa shape index (κ2) is 4.31. The highest BCUT2D eigenvalue weighted by atomic mass is 16.3. The molecule has 4 aliphatic rings. The smallest absolute Gasteiger partial charge is 0.161 e. The highest BCUT2D eigenvalue weighted by Crippen LogP contribution is 2.65. The van der Waals surface area contributed by atoms with E-state index in [0.717, 1.165) is 25.7 Å². The van der Waals surface area contributed by atoms with Crippen LogP contribution in [0.3, 0.4) is 0 Å². The lowest BCUT2D eigenvalue weighted by molar-refractivity contribution is -0.199. The van der Waals surface area contributed by atoms with Gasteiger partial charge < -0.3 is 5.11 Å². The number of hydrogen-bond acceptors (Lipinski definition) is 3. The lowest BCUT2D eigenvalue weighted by Gasteiger charge is -2.62. The molecule has 4 aliphatic carbocycles. The van der Waals surface area contributed by atoms with Gasteiger partial charge in [0.05, 0.1) is 5.60 Å². The molecule has 0 bridgehead atoms. The summed E-state index contributed by atoms with van der Waals surface area (Å²) in [5.74, 6) is 1.77. The van der Waals surface area contributed by atoms with Gasteiger partial charge in [0.2, 0.25) is 0 Å². The Bertz CT molecular complexity index is 579. The van der Waals surface area contributed by atoms with Crippen LogP contribution in [0.4, 0.5) is 0 Å². The van der Waals surface area contributed by atoms with Crippen LogP contribution in [0.5, 0.6) is 0 Å². The van der Waals surface area contributed by atoms with E-state index in [4.69, 9.17) is 0 Å². The average Bonchev–Trinajstić information content (AvgIpc) is 2.76. The second-order valence-corrected chi connectivity index (χ2v) is 8.68. The number of aliphatic hydroxyl groups is 1. The Hall–Kier alpha value is -0.960. The Balaban J connectivity index is 1.71. The first kappa shape index (κ1) is 14.6. The highest BCUT2D eigenvalue weighted by molar-refractivity contribution is 5.97. The van der Waals surface area contributed by atoms with Crippen molar-refractivity contribution < 1.29 is 14.7 Å². The molecule has 0 spiro atoms. The normalized spacial score (nSPS) is 53.9. The van der Waals surface area contributed by atoms with E-state index in [1.54, 1.807) is 6.08 Å². The van der Waals surface area contributed by atoms with Crippen molar-refractivity contribution in [3.63, 3.8) is 0 Å². The molecule has 3 heteroatoms. The Morgan fingerprint density at radius 3 is 2.68 bits per heavy atom. The first-order valence-electron chi connectivity index (χ1n) is 8.77. The zero-order chi connectivity index (χ0) is 15.8. The van der Waals surface area contributed by atoms with Crippen LogP contribution in [0.25, 0.3) is 0 Å². The minimum absolute atomic E-state index is 0.162. The van der Waals surface area contributed by atoms with Gasteiger partial charge in [0.1, 0.15) is 5.78 Å². The standard InChI is InChI=1S/C19H26O3/c1-17-8-7-15-13(14(17)3-4-16(17)21)6-10-19(22)11-12(20)5-9-18(15,19)2/h3-4,13-15,22H,5-11H2,1-2H3/t13-,14-,15-,17-,18+,19?/m0/s1. The minimum Gasteiger partial charge on any atom is -0.389 e. The number of hydrogen-bond donors (Lipinski definition) is 1. The lowest BCUT2D eigenvalue weighted by Crippen LogP contribution is -2.62. The van der Waals surface area contributed by atoms with Crippen LogP contribution >= 0.6 is 0 Å². The van der Waals surface area contributed by atoms with Crippen LogP contribution in [0.15, 0.2) is 12.2 Å². The molecule has 0 heterocycles. The molecule has 0 amide bonds. The Morgan fingerprint density at radius 1 is 1.14 bits per heavy atom. The molecule has 0 aromatic carbocycles. The summed E-state index contributed by atoms with van der Waals surface area (Å²) >= 11 is 0. The molecule has 120 valence electrons. The third-order valence-electron chi connectivity index (χ3n) is 7.89. The predicted octanol–water partition coefficient (Wildman–Crippen LogP) is 3.06. The largest absolute Gasteiger partial charge is 0.389 e. The molecule has 1 N–H and O–H groups in total. The maximum absolute atomic E-state index is 12.3. The Morgan fingerprint density at radius 2 is 1.91 bits per heavy atom. The fraction of sp³-hybridized carbons (Fsp3) is 0.789. The van der Waals surface area contributed by atoms with Crippen LogP contribution in [0, 0.1) is 28.6 Å². The van der Waals surface area contributed by atoms with E-state index in [9.17, 15) is 14.7 Å². The van der Waals surface area contributed by atoms with Crippen molar-refractivity contribution in [1.29, 1.82) is 0 Å². The summed E-state index contributed by atoms with van der Waals surface area (Å²) in [6.45, 7) is 4.34. The second-order valence-electron chi connectivity index (χ2n) is 8.68. The van der Waals surface area contributed by atoms with Crippen molar-refractivity contribution >= 4 is 11.6 Å². The summed E-state index contributed by atoms with van der Waals surface area (Å²) in [4.78, 5) is 24.2. The van der Waals surface area contributed by atoms with Crippen LogP contribution in [-0.4, -0.2) is 22.3 Å². The molecule has 3 nitrogen and oxygen atoms in total. The molecule has 3 saturated carbocycles. The number of carbonyl (C=O) groups is 2. The van der Waals surface area contributed by atoms with Gasteiger partial charge in [-0.3, -0.25) is 9.59 Å². The van der Waals surface area contributed by atoms with Gasteiger partial charge in [-0.25, -0.2) is 0 Å². The van der Waals surface area contributed by atoms with Crippen LogP contribution in [0.2, 0.25) is 0 Å². The molecule has 0 aliphatic heterocycles. The zero-order valence-electron chi connectivity index (χ0n) is 13.6. The van der Waals surface area contributed by atoms with Crippen molar-refractivity contribution in [2.24, 2.45) is 28.6 Å². The molecule has 1 unspecified atom stereocenters. The van der Waals surface area contributed by atoms with Gasteiger partial charge in [0, 0.05) is 23.7 Å². The molecule has 0 radical (unpaired) electrons. The van der Waals surface area contributed by atoms with E-state index in [1.807, 2.05) is 0 Å². The summed E-state index contributed by atoms with van der Waals surface area (Å²) in [6, 6.07) is 0. The van der Waals surface area contributed by atoms with E-state index in [2.05, 4.69) is 19.9 Å². The van der Waals surface area contributed by atoms with E-state index in [0.29, 0.717) is 42.8 Å². The third-order valence-corrected chi connectivity index (χ3v) is 7.89.